The summed E-state index contributed by atoms with van der Waals surface area (Å²) in [4.78, 5) is 28.6. The van der Waals surface area contributed by atoms with Crippen molar-refractivity contribution < 1.29 is 41.0 Å². The van der Waals surface area contributed by atoms with E-state index < -0.39 is 52.2 Å². The van der Waals surface area contributed by atoms with E-state index in [4.69, 9.17) is 4.74 Å². The van der Waals surface area contributed by atoms with Crippen molar-refractivity contribution in [1.29, 1.82) is 0 Å². The molecule has 0 spiro atoms. The Bertz CT molecular complexity index is 1640. The normalized spacial score (nSPS) is 13.3. The zero-order valence-electron chi connectivity index (χ0n) is 18.8. The number of fused-ring (bicyclic) bond motifs is 3. The molecule has 2 aromatic carbocycles. The molecule has 0 fully saturated rings. The summed E-state index contributed by atoms with van der Waals surface area (Å²) in [5, 5.41) is 21.5. The van der Waals surface area contributed by atoms with Crippen LogP contribution in [0.5, 0.6) is 0 Å². The maximum absolute atomic E-state index is 13.2. The molecule has 198 valence electrons. The molecule has 0 aliphatic heterocycles. The van der Waals surface area contributed by atoms with Crippen LogP contribution in [0.15, 0.2) is 63.2 Å². The van der Waals surface area contributed by atoms with Gasteiger partial charge in [0.25, 0.3) is 5.56 Å². The number of hydrogen-bond donors (Lipinski definition) is 1. The van der Waals surface area contributed by atoms with Gasteiger partial charge in [0.05, 0.1) is 34.3 Å². The first kappa shape index (κ1) is 26.7. The van der Waals surface area contributed by atoms with Crippen molar-refractivity contribution in [3.8, 4) is 0 Å². The molecule has 4 rings (SSSR count). The molecule has 1 N–H and O–H groups in total. The summed E-state index contributed by atoms with van der Waals surface area (Å²) in [6.45, 7) is 1.19. The highest BCUT2D eigenvalue weighted by molar-refractivity contribution is 7.17. The second-order valence-corrected chi connectivity index (χ2v) is 8.37. The Morgan fingerprint density at radius 3 is 2.32 bits per heavy atom. The van der Waals surface area contributed by atoms with Gasteiger partial charge in [0.15, 0.2) is 10.8 Å². The number of halogens is 6. The summed E-state index contributed by atoms with van der Waals surface area (Å²) in [6.07, 6.45) is -10.3. The molecular weight excluding hydrogens is 544 g/mol. The Balaban J connectivity index is 1.86. The van der Waals surface area contributed by atoms with Crippen LogP contribution in [0.2, 0.25) is 0 Å². The van der Waals surface area contributed by atoms with Crippen LogP contribution in [0.3, 0.4) is 0 Å². The molecule has 0 atom stereocenters. The van der Waals surface area contributed by atoms with E-state index in [-0.39, 0.29) is 40.2 Å². The van der Waals surface area contributed by atoms with Crippen molar-refractivity contribution in [2.45, 2.75) is 19.3 Å². The lowest BCUT2D eigenvalue weighted by Gasteiger charge is -2.12. The predicted octanol–water partition coefficient (Wildman–Crippen LogP) is 5.92. The molecule has 38 heavy (non-hydrogen) atoms. The molecule has 0 amide bonds. The zero-order chi connectivity index (χ0) is 27.8. The lowest BCUT2D eigenvalue weighted by Crippen LogP contribution is -2.10. The van der Waals surface area contributed by atoms with E-state index in [2.05, 4.69) is 20.3 Å². The number of azo groups is 1. The first-order chi connectivity index (χ1) is 17.8. The van der Waals surface area contributed by atoms with Crippen LogP contribution in [0.25, 0.3) is 21.6 Å². The van der Waals surface area contributed by atoms with Crippen molar-refractivity contribution in [2.24, 2.45) is 10.2 Å². The maximum atomic E-state index is 13.2. The Morgan fingerprint density at radius 1 is 1.08 bits per heavy atom. The molecule has 0 radical (unpaired) electrons. The van der Waals surface area contributed by atoms with Crippen molar-refractivity contribution in [3.63, 3.8) is 0 Å². The minimum Gasteiger partial charge on any atom is -0.503 e. The van der Waals surface area contributed by atoms with Gasteiger partial charge in [0.2, 0.25) is 10.7 Å². The highest BCUT2D eigenvalue weighted by atomic mass is 32.1. The average molecular weight is 557 g/mol. The Labute approximate surface area is 211 Å². The van der Waals surface area contributed by atoms with Crippen LogP contribution in [0.4, 0.5) is 32.0 Å². The molecule has 4 aromatic rings. The maximum Gasteiger partial charge on any atom is 0.416 e. The number of aliphatic hydroxyl groups is 1. The number of nitrogens with zero attached hydrogens (tertiary/aromatic N) is 5. The van der Waals surface area contributed by atoms with E-state index in [1.165, 1.54) is 17.5 Å². The molecule has 0 unspecified atom stereocenters. The van der Waals surface area contributed by atoms with Gasteiger partial charge in [-0.15, -0.1) is 5.11 Å². The fraction of sp³-hybridized carbons (Fsp3) is 0.182. The topological polar surface area (TPSA) is 119 Å². The highest BCUT2D eigenvalue weighted by Gasteiger charge is 2.37. The van der Waals surface area contributed by atoms with E-state index in [1.807, 2.05) is 0 Å². The average Bonchev–Trinajstić information content (AvgIpc) is 3.27. The largest absolute Gasteiger partial charge is 0.503 e. The summed E-state index contributed by atoms with van der Waals surface area (Å²) in [5.41, 5.74) is -5.43. The van der Waals surface area contributed by atoms with Gasteiger partial charge >= 0.3 is 18.3 Å². The van der Waals surface area contributed by atoms with Gasteiger partial charge in [0.1, 0.15) is 0 Å². The minimum absolute atomic E-state index is 0.0168. The summed E-state index contributed by atoms with van der Waals surface area (Å²) in [7, 11) is 0. The number of hydrogen-bond acceptors (Lipinski definition) is 9. The Hall–Kier alpha value is -4.34. The third-order valence-electron chi connectivity index (χ3n) is 4.85. The SMILES string of the molecule is CCOC(=O)/C(N=Nc1cc(C(F)(F)F)cc(C(F)(F)F)c1)=C(/O)c1nn2c(nc(=O)c3ccccc32)s1. The summed E-state index contributed by atoms with van der Waals surface area (Å²) >= 11 is 0.657. The quantitative estimate of drug-likeness (QED) is 0.107. The van der Waals surface area contributed by atoms with Crippen LogP contribution in [0, 0.1) is 0 Å². The molecule has 2 heterocycles. The van der Waals surface area contributed by atoms with Gasteiger partial charge < -0.3 is 9.84 Å². The van der Waals surface area contributed by atoms with Crippen molar-refractivity contribution in [3.05, 3.63) is 74.6 Å². The minimum atomic E-state index is -5.14. The number of ether oxygens (including phenoxy) is 1. The summed E-state index contributed by atoms with van der Waals surface area (Å²) in [5.74, 6) is -2.24. The molecule has 0 saturated carbocycles. The van der Waals surface area contributed by atoms with Crippen molar-refractivity contribution in [2.75, 3.05) is 6.61 Å². The summed E-state index contributed by atoms with van der Waals surface area (Å²) < 4.78 is 84.9. The van der Waals surface area contributed by atoms with E-state index in [0.717, 1.165) is 0 Å². The third-order valence-corrected chi connectivity index (χ3v) is 5.77. The Kier molecular flexibility index (Phi) is 6.92. The van der Waals surface area contributed by atoms with Crippen LogP contribution in [-0.2, 0) is 21.9 Å². The molecular formula is C22H13F6N5O4S. The summed E-state index contributed by atoms with van der Waals surface area (Å²) in [6, 6.07) is 6.74. The Morgan fingerprint density at radius 2 is 1.71 bits per heavy atom. The third kappa shape index (κ3) is 5.34. The smallest absolute Gasteiger partial charge is 0.416 e. The van der Waals surface area contributed by atoms with Crippen LogP contribution in [-0.4, -0.2) is 32.3 Å². The van der Waals surface area contributed by atoms with Gasteiger partial charge in [-0.2, -0.15) is 41.5 Å². The van der Waals surface area contributed by atoms with Crippen LogP contribution < -0.4 is 5.56 Å². The van der Waals surface area contributed by atoms with Gasteiger partial charge in [-0.1, -0.05) is 23.5 Å². The molecule has 2 aromatic heterocycles. The van der Waals surface area contributed by atoms with Crippen LogP contribution >= 0.6 is 11.3 Å². The number of rotatable bonds is 5. The lowest BCUT2D eigenvalue weighted by molar-refractivity contribution is -0.143. The van der Waals surface area contributed by atoms with E-state index in [1.54, 1.807) is 18.2 Å². The number of carbonyl (C=O) groups is 1. The fourth-order valence-corrected chi connectivity index (χ4v) is 4.03. The zero-order valence-corrected chi connectivity index (χ0v) is 19.6. The van der Waals surface area contributed by atoms with Crippen molar-refractivity contribution >= 4 is 44.6 Å². The first-order valence-corrected chi connectivity index (χ1v) is 11.2. The molecule has 0 aliphatic rings. The second kappa shape index (κ2) is 9.85. The lowest BCUT2D eigenvalue weighted by atomic mass is 10.1. The van der Waals surface area contributed by atoms with Crippen molar-refractivity contribution in [1.82, 2.24) is 14.6 Å². The number of para-hydroxylation sites is 1. The number of alkyl halides is 6. The monoisotopic (exact) mass is 557 g/mol. The second-order valence-electron chi connectivity index (χ2n) is 7.42. The number of benzene rings is 2. The van der Waals surface area contributed by atoms with Crippen LogP contribution in [0.1, 0.15) is 23.1 Å². The predicted molar refractivity (Wildman–Crippen MR) is 122 cm³/mol. The molecule has 0 aliphatic carbocycles. The molecule has 0 saturated heterocycles. The van der Waals surface area contributed by atoms with Gasteiger partial charge in [0, 0.05) is 0 Å². The van der Waals surface area contributed by atoms with E-state index in [0.29, 0.717) is 16.9 Å². The fourth-order valence-electron chi connectivity index (χ4n) is 3.18. The molecule has 16 heteroatoms. The van der Waals surface area contributed by atoms with E-state index >= 15 is 0 Å². The number of aromatic nitrogens is 3. The first-order valence-electron chi connectivity index (χ1n) is 10.4. The van der Waals surface area contributed by atoms with Gasteiger partial charge in [-0.3, -0.25) is 4.79 Å². The van der Waals surface area contributed by atoms with E-state index in [9.17, 15) is 41.0 Å². The molecule has 9 nitrogen and oxygen atoms in total. The highest BCUT2D eigenvalue weighted by Crippen LogP contribution is 2.38. The number of carbonyl (C=O) groups excluding carboxylic acids is 1. The van der Waals surface area contributed by atoms with Gasteiger partial charge in [-0.25, -0.2) is 9.31 Å². The standard InChI is InChI=1S/C22H13F6N5O4S/c1-2-37-19(36)15(31-30-12-8-10(21(23,24)25)7-11(9-12)22(26,27)28)16(34)18-32-33-14-6-4-3-5-13(14)17(35)29-20(33)38-18/h3-9,34H,2H2,1H3/b16-15-,31-30?. The van der Waals surface area contributed by atoms with Gasteiger partial charge in [-0.05, 0) is 37.3 Å². The number of aliphatic hydroxyl groups excluding tert-OH is 1. The number of esters is 1. The molecule has 0 bridgehead atoms.